The number of ether oxygens (including phenoxy) is 1. The van der Waals surface area contributed by atoms with E-state index in [2.05, 4.69) is 18.7 Å². The number of carbonyl (C=O) groups excluding carboxylic acids is 1. The monoisotopic (exact) mass is 341 g/mol. The Labute approximate surface area is 147 Å². The smallest absolute Gasteiger partial charge is 0.245 e. The molecule has 0 bridgehead atoms. The fourth-order valence-electron chi connectivity index (χ4n) is 2.91. The van der Waals surface area contributed by atoms with Gasteiger partial charge in [-0.05, 0) is 29.3 Å². The zero-order chi connectivity index (χ0) is 16.9. The third-order valence-electron chi connectivity index (χ3n) is 4.26. The summed E-state index contributed by atoms with van der Waals surface area (Å²) < 4.78 is 6.11. The van der Waals surface area contributed by atoms with E-state index < -0.39 is 0 Å². The molecule has 1 saturated heterocycles. The first-order valence-corrected chi connectivity index (χ1v) is 8.48. The highest BCUT2D eigenvalue weighted by atomic mass is 35.5. The van der Waals surface area contributed by atoms with E-state index in [1.54, 1.807) is 4.90 Å². The SMILES string of the molecule is C=CC(=O)N1CCC(Oc2cc(-c3ccccc3)ccc2Cl)CC1. The normalized spacial score (nSPS) is 15.1. The van der Waals surface area contributed by atoms with Crippen molar-refractivity contribution in [3.63, 3.8) is 0 Å². The van der Waals surface area contributed by atoms with Crippen LogP contribution in [0.2, 0.25) is 5.02 Å². The average Bonchev–Trinajstić information content (AvgIpc) is 2.64. The van der Waals surface area contributed by atoms with Crippen LogP contribution >= 0.6 is 11.6 Å². The zero-order valence-corrected chi connectivity index (χ0v) is 14.2. The van der Waals surface area contributed by atoms with Gasteiger partial charge in [-0.3, -0.25) is 4.79 Å². The molecule has 0 unspecified atom stereocenters. The Hall–Kier alpha value is -2.26. The fourth-order valence-corrected chi connectivity index (χ4v) is 3.07. The summed E-state index contributed by atoms with van der Waals surface area (Å²) in [6, 6.07) is 16.0. The van der Waals surface area contributed by atoms with Gasteiger partial charge in [0.1, 0.15) is 11.9 Å². The molecule has 1 fully saturated rings. The summed E-state index contributed by atoms with van der Waals surface area (Å²) in [7, 11) is 0. The van der Waals surface area contributed by atoms with E-state index in [0.29, 0.717) is 23.9 Å². The van der Waals surface area contributed by atoms with E-state index in [9.17, 15) is 4.79 Å². The summed E-state index contributed by atoms with van der Waals surface area (Å²) in [5.74, 6) is 0.684. The third kappa shape index (κ3) is 3.80. The second kappa shape index (κ2) is 7.54. The van der Waals surface area contributed by atoms with Gasteiger partial charge in [0, 0.05) is 25.9 Å². The highest BCUT2D eigenvalue weighted by molar-refractivity contribution is 6.32. The van der Waals surface area contributed by atoms with Crippen LogP contribution in [0.15, 0.2) is 61.2 Å². The minimum Gasteiger partial charge on any atom is -0.489 e. The average molecular weight is 342 g/mol. The van der Waals surface area contributed by atoms with Gasteiger partial charge < -0.3 is 9.64 Å². The van der Waals surface area contributed by atoms with Crippen molar-refractivity contribution in [3.05, 3.63) is 66.2 Å². The Balaban J connectivity index is 1.70. The summed E-state index contributed by atoms with van der Waals surface area (Å²) in [5, 5.41) is 0.610. The van der Waals surface area contributed by atoms with E-state index in [1.807, 2.05) is 36.4 Å². The Morgan fingerprint density at radius 2 is 1.83 bits per heavy atom. The molecular formula is C20H20ClNO2. The predicted octanol–water partition coefficient (Wildman–Crippen LogP) is 4.56. The number of nitrogens with zero attached hydrogens (tertiary/aromatic N) is 1. The minimum atomic E-state index is -0.0162. The largest absolute Gasteiger partial charge is 0.489 e. The lowest BCUT2D eigenvalue weighted by Crippen LogP contribution is -2.41. The van der Waals surface area contributed by atoms with E-state index in [0.717, 1.165) is 24.0 Å². The molecule has 1 heterocycles. The Morgan fingerprint density at radius 1 is 1.12 bits per heavy atom. The Bertz CT molecular complexity index is 722. The molecule has 3 rings (SSSR count). The highest BCUT2D eigenvalue weighted by Crippen LogP contribution is 2.32. The second-order valence-electron chi connectivity index (χ2n) is 5.86. The molecule has 2 aromatic rings. The molecule has 4 heteroatoms. The van der Waals surface area contributed by atoms with E-state index in [-0.39, 0.29) is 12.0 Å². The van der Waals surface area contributed by atoms with Crippen LogP contribution in [0, 0.1) is 0 Å². The first-order chi connectivity index (χ1) is 11.7. The van der Waals surface area contributed by atoms with Crippen molar-refractivity contribution >= 4 is 17.5 Å². The molecule has 1 amide bonds. The molecule has 1 aliphatic rings. The molecule has 1 aliphatic heterocycles. The van der Waals surface area contributed by atoms with Crippen LogP contribution in [0.1, 0.15) is 12.8 Å². The number of hydrogen-bond donors (Lipinski definition) is 0. The maximum atomic E-state index is 11.6. The van der Waals surface area contributed by atoms with E-state index in [1.165, 1.54) is 6.08 Å². The summed E-state index contributed by atoms with van der Waals surface area (Å²) in [6.07, 6.45) is 3.03. The molecule has 0 saturated carbocycles. The molecule has 24 heavy (non-hydrogen) atoms. The Morgan fingerprint density at radius 3 is 2.50 bits per heavy atom. The maximum Gasteiger partial charge on any atom is 0.245 e. The third-order valence-corrected chi connectivity index (χ3v) is 4.57. The molecule has 3 nitrogen and oxygen atoms in total. The van der Waals surface area contributed by atoms with Gasteiger partial charge in [-0.25, -0.2) is 0 Å². The zero-order valence-electron chi connectivity index (χ0n) is 13.5. The van der Waals surface area contributed by atoms with Crippen LogP contribution in [0.25, 0.3) is 11.1 Å². The molecule has 0 N–H and O–H groups in total. The van der Waals surface area contributed by atoms with Crippen molar-refractivity contribution < 1.29 is 9.53 Å². The number of amides is 1. The lowest BCUT2D eigenvalue weighted by molar-refractivity contribution is -0.127. The lowest BCUT2D eigenvalue weighted by Gasteiger charge is -2.31. The quantitative estimate of drug-likeness (QED) is 0.763. The van der Waals surface area contributed by atoms with Crippen molar-refractivity contribution in [3.8, 4) is 16.9 Å². The Kier molecular flexibility index (Phi) is 5.21. The van der Waals surface area contributed by atoms with Crippen LogP contribution in [-0.2, 0) is 4.79 Å². The van der Waals surface area contributed by atoms with E-state index in [4.69, 9.17) is 16.3 Å². The number of piperidine rings is 1. The van der Waals surface area contributed by atoms with Crippen LogP contribution in [0.5, 0.6) is 5.75 Å². The topological polar surface area (TPSA) is 29.5 Å². The van der Waals surface area contributed by atoms with Crippen molar-refractivity contribution in [1.82, 2.24) is 4.90 Å². The van der Waals surface area contributed by atoms with Gasteiger partial charge in [0.05, 0.1) is 5.02 Å². The fraction of sp³-hybridized carbons (Fsp3) is 0.250. The maximum absolute atomic E-state index is 11.6. The van der Waals surface area contributed by atoms with Crippen molar-refractivity contribution in [2.45, 2.75) is 18.9 Å². The molecule has 0 spiro atoms. The number of rotatable bonds is 4. The lowest BCUT2D eigenvalue weighted by atomic mass is 10.1. The van der Waals surface area contributed by atoms with E-state index >= 15 is 0 Å². The van der Waals surface area contributed by atoms with Crippen molar-refractivity contribution in [2.24, 2.45) is 0 Å². The molecule has 0 radical (unpaired) electrons. The van der Waals surface area contributed by atoms with Gasteiger partial charge in [0.2, 0.25) is 5.91 Å². The van der Waals surface area contributed by atoms with Crippen LogP contribution in [0.3, 0.4) is 0 Å². The van der Waals surface area contributed by atoms with Crippen LogP contribution < -0.4 is 4.74 Å². The highest BCUT2D eigenvalue weighted by Gasteiger charge is 2.23. The molecule has 0 atom stereocenters. The van der Waals surface area contributed by atoms with Gasteiger partial charge in [-0.2, -0.15) is 0 Å². The van der Waals surface area contributed by atoms with Gasteiger partial charge in [-0.15, -0.1) is 0 Å². The molecular weight excluding hydrogens is 322 g/mol. The summed E-state index contributed by atoms with van der Waals surface area (Å²) >= 11 is 6.30. The first kappa shape index (κ1) is 16.6. The number of likely N-dealkylation sites (tertiary alicyclic amines) is 1. The van der Waals surface area contributed by atoms with Gasteiger partial charge in [0.15, 0.2) is 0 Å². The summed E-state index contributed by atoms with van der Waals surface area (Å²) in [6.45, 7) is 4.90. The minimum absolute atomic E-state index is 0.0162. The van der Waals surface area contributed by atoms with Gasteiger partial charge in [0.25, 0.3) is 0 Å². The van der Waals surface area contributed by atoms with Crippen molar-refractivity contribution in [1.29, 1.82) is 0 Å². The molecule has 0 aliphatic carbocycles. The molecule has 0 aromatic heterocycles. The van der Waals surface area contributed by atoms with Gasteiger partial charge >= 0.3 is 0 Å². The number of hydrogen-bond acceptors (Lipinski definition) is 2. The van der Waals surface area contributed by atoms with Crippen molar-refractivity contribution in [2.75, 3.05) is 13.1 Å². The summed E-state index contributed by atoms with van der Waals surface area (Å²) in [5.41, 5.74) is 2.21. The number of carbonyl (C=O) groups is 1. The van der Waals surface area contributed by atoms with Crippen LogP contribution in [-0.4, -0.2) is 30.0 Å². The first-order valence-electron chi connectivity index (χ1n) is 8.10. The molecule has 2 aromatic carbocycles. The standard InChI is InChI=1S/C20H20ClNO2/c1-2-20(23)22-12-10-17(11-13-22)24-19-14-16(8-9-18(19)21)15-6-4-3-5-7-15/h2-9,14,17H,1,10-13H2. The van der Waals surface area contributed by atoms with Gasteiger partial charge in [-0.1, -0.05) is 54.6 Å². The predicted molar refractivity (Wildman–Crippen MR) is 97.3 cm³/mol. The second-order valence-corrected chi connectivity index (χ2v) is 6.27. The number of halogens is 1. The summed E-state index contributed by atoms with van der Waals surface area (Å²) in [4.78, 5) is 13.4. The number of benzene rings is 2. The molecule has 124 valence electrons. The van der Waals surface area contributed by atoms with Crippen LogP contribution in [0.4, 0.5) is 0 Å².